The molecule has 5 heteroatoms. The monoisotopic (exact) mass is 398 g/mol. The summed E-state index contributed by atoms with van der Waals surface area (Å²) in [5, 5.41) is 0. The van der Waals surface area contributed by atoms with E-state index >= 15 is 0 Å². The second kappa shape index (κ2) is 8.51. The number of rotatable bonds is 7. The summed E-state index contributed by atoms with van der Waals surface area (Å²) < 4.78 is 16.4. The zero-order valence-corrected chi connectivity index (χ0v) is 19.4. The largest absolute Gasteiger partial charge is 0.469 e. The topological polar surface area (TPSA) is 44.8 Å². The van der Waals surface area contributed by atoms with Gasteiger partial charge in [0.25, 0.3) is 0 Å². The Bertz CT molecular complexity index is 557. The number of hydrogen-bond acceptors (Lipinski definition) is 4. The first-order chi connectivity index (χ1) is 12.5. The van der Waals surface area contributed by atoms with Crippen LogP contribution in [0.15, 0.2) is 12.2 Å². The normalized spacial score (nSPS) is 33.1. The molecule has 0 heterocycles. The molecule has 0 spiro atoms. The summed E-state index contributed by atoms with van der Waals surface area (Å²) in [6.45, 7) is 10.9. The van der Waals surface area contributed by atoms with Crippen LogP contribution in [0.3, 0.4) is 0 Å². The van der Waals surface area contributed by atoms with E-state index < -0.39 is 5.41 Å². The molecular formula is C22H39O4P. The fraction of sp³-hybridized carbons (Fsp3) is 0.864. The van der Waals surface area contributed by atoms with Gasteiger partial charge in [-0.3, -0.25) is 4.79 Å². The Labute approximate surface area is 168 Å². The molecule has 0 aromatic carbocycles. The van der Waals surface area contributed by atoms with E-state index in [1.54, 1.807) is 7.11 Å². The van der Waals surface area contributed by atoms with Crippen LogP contribution in [-0.4, -0.2) is 32.4 Å². The molecule has 156 valence electrons. The molecule has 2 rings (SSSR count). The smallest absolute Gasteiger partial charge is 0.314 e. The highest BCUT2D eigenvalue weighted by molar-refractivity contribution is 7.09. The van der Waals surface area contributed by atoms with Gasteiger partial charge in [-0.1, -0.05) is 39.3 Å². The van der Waals surface area contributed by atoms with E-state index in [1.165, 1.54) is 39.2 Å². The van der Waals surface area contributed by atoms with Crippen molar-refractivity contribution in [2.75, 3.05) is 14.2 Å². The summed E-state index contributed by atoms with van der Waals surface area (Å²) in [6.07, 6.45) is 10.5. The van der Waals surface area contributed by atoms with Crippen LogP contribution in [0.1, 0.15) is 66.7 Å². The lowest BCUT2D eigenvalue weighted by molar-refractivity contribution is -0.156. The first-order valence-corrected chi connectivity index (χ1v) is 10.7. The lowest BCUT2D eigenvalue weighted by Crippen LogP contribution is -2.44. The quantitative estimate of drug-likeness (QED) is 0.337. The standard InChI is InChI=1S/C22H39O4P/c1-20(2,14-12-18(24-6)21(3,4)19(23)25-7)17-11-10-15-16(26-27)9-8-13-22(15,17)5/h12,14-18H,8-11,13,27H2,1-7H3/b14-12+/t15?,16?,17?,18?,22-/m0/s1. The molecule has 0 aromatic rings. The number of fused-ring (bicyclic) bond motifs is 1. The summed E-state index contributed by atoms with van der Waals surface area (Å²) >= 11 is 0. The minimum absolute atomic E-state index is 0.0231. The molecule has 0 saturated heterocycles. The maximum absolute atomic E-state index is 12.2. The predicted molar refractivity (Wildman–Crippen MR) is 112 cm³/mol. The molecule has 5 unspecified atom stereocenters. The van der Waals surface area contributed by atoms with E-state index in [4.69, 9.17) is 14.0 Å². The maximum atomic E-state index is 12.2. The Balaban J connectivity index is 2.22. The molecular weight excluding hydrogens is 359 g/mol. The molecule has 0 aromatic heterocycles. The zero-order chi connectivity index (χ0) is 20.5. The summed E-state index contributed by atoms with van der Waals surface area (Å²) in [7, 11) is 5.57. The third kappa shape index (κ3) is 4.28. The number of ether oxygens (including phenoxy) is 2. The first kappa shape index (κ1) is 22.8. The van der Waals surface area contributed by atoms with Crippen molar-refractivity contribution < 1.29 is 18.8 Å². The van der Waals surface area contributed by atoms with Gasteiger partial charge in [0.1, 0.15) is 0 Å². The van der Waals surface area contributed by atoms with Crippen LogP contribution < -0.4 is 0 Å². The highest BCUT2D eigenvalue weighted by atomic mass is 31.0. The summed E-state index contributed by atoms with van der Waals surface area (Å²) in [4.78, 5) is 12.2. The Kier molecular flexibility index (Phi) is 7.20. The van der Waals surface area contributed by atoms with Gasteiger partial charge in [0.2, 0.25) is 0 Å². The number of carbonyl (C=O) groups excluding carboxylic acids is 1. The van der Waals surface area contributed by atoms with Crippen molar-refractivity contribution in [3.8, 4) is 0 Å². The highest BCUT2D eigenvalue weighted by Crippen LogP contribution is 2.61. The Morgan fingerprint density at radius 1 is 1.19 bits per heavy atom. The molecule has 2 aliphatic carbocycles. The molecule has 0 radical (unpaired) electrons. The molecule has 2 aliphatic rings. The first-order valence-electron chi connectivity index (χ1n) is 10.2. The van der Waals surface area contributed by atoms with Crippen LogP contribution in [0.5, 0.6) is 0 Å². The third-order valence-corrected chi connectivity index (χ3v) is 7.86. The van der Waals surface area contributed by atoms with Crippen LogP contribution >= 0.6 is 9.47 Å². The molecule has 4 nitrogen and oxygen atoms in total. The van der Waals surface area contributed by atoms with Crippen LogP contribution in [0, 0.1) is 28.1 Å². The van der Waals surface area contributed by atoms with Crippen LogP contribution in [0.2, 0.25) is 0 Å². The van der Waals surface area contributed by atoms with Crippen molar-refractivity contribution in [3.63, 3.8) is 0 Å². The van der Waals surface area contributed by atoms with Crippen LogP contribution in [-0.2, 0) is 18.8 Å². The van der Waals surface area contributed by atoms with Crippen molar-refractivity contribution >= 4 is 15.4 Å². The van der Waals surface area contributed by atoms with Crippen molar-refractivity contribution in [1.29, 1.82) is 0 Å². The van der Waals surface area contributed by atoms with Gasteiger partial charge in [0.05, 0.1) is 24.7 Å². The van der Waals surface area contributed by atoms with Crippen molar-refractivity contribution in [2.24, 2.45) is 28.1 Å². The van der Waals surface area contributed by atoms with E-state index in [1.807, 2.05) is 13.8 Å². The lowest BCUT2D eigenvalue weighted by atomic mass is 9.58. The minimum atomic E-state index is -0.721. The van der Waals surface area contributed by atoms with Gasteiger partial charge in [-0.15, -0.1) is 0 Å². The molecule has 6 atom stereocenters. The van der Waals surface area contributed by atoms with Crippen molar-refractivity contribution in [3.05, 3.63) is 12.2 Å². The maximum Gasteiger partial charge on any atom is 0.314 e. The van der Waals surface area contributed by atoms with Gasteiger partial charge < -0.3 is 14.0 Å². The van der Waals surface area contributed by atoms with E-state index in [0.29, 0.717) is 23.4 Å². The number of esters is 1. The van der Waals surface area contributed by atoms with Crippen LogP contribution in [0.25, 0.3) is 0 Å². The average molecular weight is 399 g/mol. The van der Waals surface area contributed by atoms with Crippen molar-refractivity contribution in [1.82, 2.24) is 0 Å². The predicted octanol–water partition coefficient (Wildman–Crippen LogP) is 5.17. The zero-order valence-electron chi connectivity index (χ0n) is 18.2. The molecule has 0 amide bonds. The molecule has 0 aliphatic heterocycles. The molecule has 2 fully saturated rings. The molecule has 2 saturated carbocycles. The van der Waals surface area contributed by atoms with Gasteiger partial charge in [-0.2, -0.15) is 0 Å². The summed E-state index contributed by atoms with van der Waals surface area (Å²) in [5.41, 5.74) is -0.398. The van der Waals surface area contributed by atoms with Gasteiger partial charge in [-0.05, 0) is 62.2 Å². The second-order valence-electron chi connectivity index (χ2n) is 9.86. The van der Waals surface area contributed by atoms with Gasteiger partial charge >= 0.3 is 5.97 Å². The fourth-order valence-corrected chi connectivity index (χ4v) is 6.27. The molecule has 27 heavy (non-hydrogen) atoms. The minimum Gasteiger partial charge on any atom is -0.469 e. The summed E-state index contributed by atoms with van der Waals surface area (Å²) in [5.74, 6) is 0.969. The van der Waals surface area contributed by atoms with Crippen molar-refractivity contribution in [2.45, 2.75) is 78.9 Å². The third-order valence-electron chi connectivity index (χ3n) is 7.51. The molecule has 0 N–H and O–H groups in total. The van der Waals surface area contributed by atoms with Gasteiger partial charge in [0, 0.05) is 16.6 Å². The lowest BCUT2D eigenvalue weighted by Gasteiger charge is -2.48. The number of carbonyl (C=O) groups is 1. The number of methoxy groups -OCH3 is 2. The average Bonchev–Trinajstić information content (AvgIpc) is 2.98. The Hall–Kier alpha value is -0.440. The van der Waals surface area contributed by atoms with Gasteiger partial charge in [0.15, 0.2) is 0 Å². The van der Waals surface area contributed by atoms with E-state index in [2.05, 4.69) is 42.4 Å². The fourth-order valence-electron chi connectivity index (χ4n) is 5.95. The van der Waals surface area contributed by atoms with E-state index in [-0.39, 0.29) is 17.5 Å². The van der Waals surface area contributed by atoms with E-state index in [9.17, 15) is 4.79 Å². The number of allylic oxidation sites excluding steroid dienone is 1. The van der Waals surface area contributed by atoms with Gasteiger partial charge in [-0.25, -0.2) is 0 Å². The Morgan fingerprint density at radius 2 is 1.85 bits per heavy atom. The Morgan fingerprint density at radius 3 is 2.41 bits per heavy atom. The molecule has 0 bridgehead atoms. The summed E-state index contributed by atoms with van der Waals surface area (Å²) in [6, 6.07) is 0. The second-order valence-corrected chi connectivity index (χ2v) is 10.1. The SMILES string of the molecule is COC(=O)C(C)(C)C(/C=C/C(C)(C)C1CCC2C(OP)CCC[C@@]21C)OC. The highest BCUT2D eigenvalue weighted by Gasteiger charge is 2.55. The van der Waals surface area contributed by atoms with E-state index in [0.717, 1.165) is 0 Å². The number of hydrogen-bond donors (Lipinski definition) is 0. The van der Waals surface area contributed by atoms with Crippen LogP contribution in [0.4, 0.5) is 0 Å².